The Bertz CT molecular complexity index is 917. The summed E-state index contributed by atoms with van der Waals surface area (Å²) in [6, 6.07) is 19.6. The van der Waals surface area contributed by atoms with Crippen molar-refractivity contribution in [1.29, 1.82) is 5.26 Å². The largest absolute Gasteiger partial charge is 0.361 e. The Kier molecular flexibility index (Phi) is 4.73. The van der Waals surface area contributed by atoms with Crippen molar-refractivity contribution in [3.8, 4) is 6.07 Å². The smallest absolute Gasteiger partial charge is 0.261 e. The zero-order valence-electron chi connectivity index (χ0n) is 13.1. The lowest BCUT2D eigenvalue weighted by molar-refractivity contribution is -0.117. The monoisotopic (exact) mass is 315 g/mol. The van der Waals surface area contributed by atoms with Crippen LogP contribution >= 0.6 is 0 Å². The fourth-order valence-corrected chi connectivity index (χ4v) is 2.54. The Morgan fingerprint density at radius 3 is 2.79 bits per heavy atom. The van der Waals surface area contributed by atoms with Crippen LogP contribution < -0.4 is 5.32 Å². The number of rotatable bonds is 5. The summed E-state index contributed by atoms with van der Waals surface area (Å²) in [5.41, 5.74) is 3.12. The number of nitriles is 1. The topological polar surface area (TPSA) is 68.7 Å². The first kappa shape index (κ1) is 15.6. The second kappa shape index (κ2) is 7.30. The molecule has 3 aromatic rings. The van der Waals surface area contributed by atoms with Gasteiger partial charge in [0.2, 0.25) is 0 Å². The number of H-pyrrole nitrogens is 1. The minimum atomic E-state index is -0.345. The number of carbonyl (C=O) groups is 1. The van der Waals surface area contributed by atoms with E-state index >= 15 is 0 Å². The van der Waals surface area contributed by atoms with Crippen LogP contribution in [0.15, 0.2) is 66.4 Å². The number of nitrogens with one attached hydrogen (secondary N) is 2. The summed E-state index contributed by atoms with van der Waals surface area (Å²) in [5, 5.41) is 13.1. The van der Waals surface area contributed by atoms with Crippen LogP contribution in [0.2, 0.25) is 0 Å². The molecule has 0 atom stereocenters. The minimum Gasteiger partial charge on any atom is -0.361 e. The van der Waals surface area contributed by atoms with Gasteiger partial charge in [-0.05, 0) is 47.2 Å². The minimum absolute atomic E-state index is 0.109. The highest BCUT2D eigenvalue weighted by molar-refractivity contribution is 6.02. The number of benzene rings is 2. The molecular weight excluding hydrogens is 298 g/mol. The van der Waals surface area contributed by atoms with Crippen LogP contribution in [-0.4, -0.2) is 17.4 Å². The molecule has 4 nitrogen and oxygen atoms in total. The number of amides is 1. The predicted octanol–water partition coefficient (Wildman–Crippen LogP) is 3.43. The van der Waals surface area contributed by atoms with Gasteiger partial charge in [0.15, 0.2) is 0 Å². The van der Waals surface area contributed by atoms with Crippen LogP contribution in [0.5, 0.6) is 0 Å². The lowest BCUT2D eigenvalue weighted by atomic mass is 10.1. The summed E-state index contributed by atoms with van der Waals surface area (Å²) in [6.07, 6.45) is 4.21. The van der Waals surface area contributed by atoms with Crippen molar-refractivity contribution >= 4 is 22.9 Å². The van der Waals surface area contributed by atoms with Crippen LogP contribution in [0.25, 0.3) is 17.0 Å². The van der Waals surface area contributed by atoms with E-state index in [-0.39, 0.29) is 11.5 Å². The van der Waals surface area contributed by atoms with Crippen LogP contribution in [0.1, 0.15) is 11.1 Å². The van der Waals surface area contributed by atoms with E-state index in [1.165, 1.54) is 0 Å². The van der Waals surface area contributed by atoms with Gasteiger partial charge in [0.1, 0.15) is 11.6 Å². The second-order valence-corrected chi connectivity index (χ2v) is 5.49. The Balaban J connectivity index is 1.66. The zero-order valence-corrected chi connectivity index (χ0v) is 13.1. The van der Waals surface area contributed by atoms with Gasteiger partial charge in [-0.3, -0.25) is 4.79 Å². The fourth-order valence-electron chi connectivity index (χ4n) is 2.54. The molecule has 0 unspecified atom stereocenters. The van der Waals surface area contributed by atoms with E-state index in [1.54, 1.807) is 6.08 Å². The molecule has 0 aliphatic rings. The average Bonchev–Trinajstić information content (AvgIpc) is 3.08. The molecule has 0 bridgehead atoms. The molecule has 1 heterocycles. The number of carbonyl (C=O) groups excluding carboxylic acids is 1. The molecule has 0 spiro atoms. The van der Waals surface area contributed by atoms with Crippen LogP contribution in [0, 0.1) is 11.3 Å². The van der Waals surface area contributed by atoms with Gasteiger partial charge in [-0.15, -0.1) is 0 Å². The molecule has 0 fully saturated rings. The van der Waals surface area contributed by atoms with Crippen molar-refractivity contribution in [2.45, 2.75) is 6.42 Å². The summed E-state index contributed by atoms with van der Waals surface area (Å²) >= 11 is 0. The predicted molar refractivity (Wildman–Crippen MR) is 95.0 cm³/mol. The molecule has 1 aromatic heterocycles. The maximum absolute atomic E-state index is 12.2. The Morgan fingerprint density at radius 2 is 2.00 bits per heavy atom. The molecule has 118 valence electrons. The number of hydrogen-bond donors (Lipinski definition) is 2. The molecule has 0 aliphatic carbocycles. The molecule has 24 heavy (non-hydrogen) atoms. The van der Waals surface area contributed by atoms with E-state index in [1.807, 2.05) is 66.9 Å². The summed E-state index contributed by atoms with van der Waals surface area (Å²) in [7, 11) is 0. The molecule has 4 heteroatoms. The van der Waals surface area contributed by atoms with Gasteiger partial charge in [0.25, 0.3) is 5.91 Å². The molecule has 3 rings (SSSR count). The van der Waals surface area contributed by atoms with E-state index in [9.17, 15) is 10.1 Å². The van der Waals surface area contributed by atoms with E-state index in [0.29, 0.717) is 6.54 Å². The number of fused-ring (bicyclic) bond motifs is 1. The van der Waals surface area contributed by atoms with Crippen molar-refractivity contribution in [2.24, 2.45) is 0 Å². The van der Waals surface area contributed by atoms with Crippen LogP contribution in [-0.2, 0) is 11.2 Å². The SMILES string of the molecule is N#C/C(=C\c1ccc2[nH]ccc2c1)C(=O)NCCc1ccccc1. The van der Waals surface area contributed by atoms with E-state index in [2.05, 4.69) is 10.3 Å². The maximum Gasteiger partial charge on any atom is 0.261 e. The van der Waals surface area contributed by atoms with Crippen molar-refractivity contribution in [3.63, 3.8) is 0 Å². The van der Waals surface area contributed by atoms with Crippen molar-refractivity contribution in [1.82, 2.24) is 10.3 Å². The highest BCUT2D eigenvalue weighted by atomic mass is 16.1. The highest BCUT2D eigenvalue weighted by Crippen LogP contribution is 2.16. The van der Waals surface area contributed by atoms with Gasteiger partial charge >= 0.3 is 0 Å². The molecule has 2 N–H and O–H groups in total. The first-order chi connectivity index (χ1) is 11.8. The van der Waals surface area contributed by atoms with Crippen molar-refractivity contribution < 1.29 is 4.79 Å². The fraction of sp³-hybridized carbons (Fsp3) is 0.100. The standard InChI is InChI=1S/C20H17N3O/c21-14-18(13-16-6-7-19-17(12-16)9-11-22-19)20(24)23-10-8-15-4-2-1-3-5-15/h1-7,9,11-13,22H,8,10H2,(H,23,24)/b18-13+. The third-order valence-electron chi connectivity index (χ3n) is 3.80. The Hall–Kier alpha value is -3.32. The molecule has 0 radical (unpaired) electrons. The quantitative estimate of drug-likeness (QED) is 0.559. The first-order valence-electron chi connectivity index (χ1n) is 7.77. The Labute approximate surface area is 140 Å². The summed E-state index contributed by atoms with van der Waals surface area (Å²) < 4.78 is 0. The lowest BCUT2D eigenvalue weighted by Gasteiger charge is -2.04. The van der Waals surface area contributed by atoms with Crippen molar-refractivity contribution in [2.75, 3.05) is 6.54 Å². The molecule has 0 saturated heterocycles. The molecular formula is C20H17N3O. The molecule has 1 amide bonds. The summed E-state index contributed by atoms with van der Waals surface area (Å²) in [4.78, 5) is 15.3. The maximum atomic E-state index is 12.2. The van der Waals surface area contributed by atoms with Crippen LogP contribution in [0.4, 0.5) is 0 Å². The van der Waals surface area contributed by atoms with Gasteiger partial charge in [0.05, 0.1) is 0 Å². The normalized spacial score (nSPS) is 11.2. The molecule has 0 saturated carbocycles. The number of aromatic amines is 1. The van der Waals surface area contributed by atoms with Gasteiger partial charge in [-0.1, -0.05) is 36.4 Å². The van der Waals surface area contributed by atoms with Gasteiger partial charge in [-0.2, -0.15) is 5.26 Å². The zero-order chi connectivity index (χ0) is 16.8. The number of nitrogens with zero attached hydrogens (tertiary/aromatic N) is 1. The summed E-state index contributed by atoms with van der Waals surface area (Å²) in [5.74, 6) is -0.345. The van der Waals surface area contributed by atoms with Gasteiger partial charge in [0, 0.05) is 18.3 Å². The van der Waals surface area contributed by atoms with E-state index in [0.717, 1.165) is 28.5 Å². The van der Waals surface area contributed by atoms with Crippen molar-refractivity contribution in [3.05, 3.63) is 77.5 Å². The molecule has 2 aromatic carbocycles. The third kappa shape index (κ3) is 3.71. The number of aromatic nitrogens is 1. The number of hydrogen-bond acceptors (Lipinski definition) is 2. The third-order valence-corrected chi connectivity index (χ3v) is 3.80. The molecule has 0 aliphatic heterocycles. The Morgan fingerprint density at radius 1 is 1.17 bits per heavy atom. The lowest BCUT2D eigenvalue weighted by Crippen LogP contribution is -2.26. The van der Waals surface area contributed by atoms with E-state index < -0.39 is 0 Å². The first-order valence-corrected chi connectivity index (χ1v) is 7.77. The van der Waals surface area contributed by atoms with Crippen LogP contribution in [0.3, 0.4) is 0 Å². The highest BCUT2D eigenvalue weighted by Gasteiger charge is 2.08. The second-order valence-electron chi connectivity index (χ2n) is 5.49. The summed E-state index contributed by atoms with van der Waals surface area (Å²) in [6.45, 7) is 0.499. The van der Waals surface area contributed by atoms with E-state index in [4.69, 9.17) is 0 Å². The van der Waals surface area contributed by atoms with Gasteiger partial charge < -0.3 is 10.3 Å². The van der Waals surface area contributed by atoms with Gasteiger partial charge in [-0.25, -0.2) is 0 Å². The average molecular weight is 315 g/mol.